The zero-order valence-corrected chi connectivity index (χ0v) is 12.9. The Morgan fingerprint density at radius 1 is 1.41 bits per heavy atom. The first-order chi connectivity index (χ1) is 7.58. The summed E-state index contributed by atoms with van der Waals surface area (Å²) in [6, 6.07) is 5.26. The van der Waals surface area contributed by atoms with Crippen LogP contribution in [-0.2, 0) is 0 Å². The van der Waals surface area contributed by atoms with Gasteiger partial charge in [0.2, 0.25) is 0 Å². The number of hydrogen-bond donors (Lipinski definition) is 2. The Hall–Kier alpha value is -0.850. The SMILES string of the molecule is CN=C(NC)NC(C)c1ccc(C)c(F)c1.I. The molecule has 0 aromatic heterocycles. The molecule has 17 heavy (non-hydrogen) atoms. The van der Waals surface area contributed by atoms with Gasteiger partial charge < -0.3 is 10.6 Å². The van der Waals surface area contributed by atoms with Crippen molar-refractivity contribution in [3.63, 3.8) is 0 Å². The number of aryl methyl sites for hydroxylation is 1. The molecule has 0 saturated heterocycles. The first kappa shape index (κ1) is 16.1. The highest BCUT2D eigenvalue weighted by Gasteiger charge is 2.08. The van der Waals surface area contributed by atoms with Crippen LogP contribution in [0.3, 0.4) is 0 Å². The fourth-order valence-corrected chi connectivity index (χ4v) is 1.42. The molecule has 3 nitrogen and oxygen atoms in total. The van der Waals surface area contributed by atoms with Crippen LogP contribution < -0.4 is 10.6 Å². The van der Waals surface area contributed by atoms with E-state index in [0.717, 1.165) is 5.56 Å². The van der Waals surface area contributed by atoms with Crippen molar-refractivity contribution in [2.24, 2.45) is 4.99 Å². The Labute approximate surface area is 119 Å². The van der Waals surface area contributed by atoms with Gasteiger partial charge in [-0.25, -0.2) is 4.39 Å². The average molecular weight is 351 g/mol. The van der Waals surface area contributed by atoms with E-state index >= 15 is 0 Å². The molecule has 0 spiro atoms. The number of nitrogens with zero attached hydrogens (tertiary/aromatic N) is 1. The van der Waals surface area contributed by atoms with E-state index in [4.69, 9.17) is 0 Å². The molecule has 0 bridgehead atoms. The van der Waals surface area contributed by atoms with Gasteiger partial charge in [0.1, 0.15) is 5.82 Å². The van der Waals surface area contributed by atoms with E-state index in [1.54, 1.807) is 33.2 Å². The first-order valence-corrected chi connectivity index (χ1v) is 5.25. The normalized spacial score (nSPS) is 12.6. The van der Waals surface area contributed by atoms with Crippen molar-refractivity contribution in [1.82, 2.24) is 10.6 Å². The van der Waals surface area contributed by atoms with Gasteiger partial charge in [-0.3, -0.25) is 4.99 Å². The van der Waals surface area contributed by atoms with Crippen LogP contribution in [0.5, 0.6) is 0 Å². The second-order valence-corrected chi connectivity index (χ2v) is 3.70. The highest BCUT2D eigenvalue weighted by molar-refractivity contribution is 14.0. The molecule has 2 N–H and O–H groups in total. The van der Waals surface area contributed by atoms with E-state index in [2.05, 4.69) is 15.6 Å². The van der Waals surface area contributed by atoms with Crippen molar-refractivity contribution in [2.45, 2.75) is 19.9 Å². The van der Waals surface area contributed by atoms with Crippen molar-refractivity contribution in [1.29, 1.82) is 0 Å². The van der Waals surface area contributed by atoms with Crippen molar-refractivity contribution in [2.75, 3.05) is 14.1 Å². The third-order valence-electron chi connectivity index (χ3n) is 2.51. The first-order valence-electron chi connectivity index (χ1n) is 5.25. The molecule has 1 aromatic carbocycles. The summed E-state index contributed by atoms with van der Waals surface area (Å²) in [6.07, 6.45) is 0. The predicted octanol–water partition coefficient (Wildman–Crippen LogP) is 2.61. The number of benzene rings is 1. The van der Waals surface area contributed by atoms with Gasteiger partial charge in [-0.15, -0.1) is 24.0 Å². The Morgan fingerprint density at radius 2 is 2.06 bits per heavy atom. The number of aliphatic imine (C=N–C) groups is 1. The molecule has 0 radical (unpaired) electrons. The third kappa shape index (κ3) is 4.49. The summed E-state index contributed by atoms with van der Waals surface area (Å²) in [5.74, 6) is 0.513. The molecule has 5 heteroatoms. The van der Waals surface area contributed by atoms with Gasteiger partial charge in [-0.05, 0) is 31.0 Å². The smallest absolute Gasteiger partial charge is 0.191 e. The van der Waals surface area contributed by atoms with Crippen LogP contribution in [0.4, 0.5) is 4.39 Å². The Morgan fingerprint density at radius 3 is 2.53 bits per heavy atom. The summed E-state index contributed by atoms with van der Waals surface area (Å²) in [7, 11) is 3.49. The minimum absolute atomic E-state index is 0. The van der Waals surface area contributed by atoms with Crippen LogP contribution in [-0.4, -0.2) is 20.1 Å². The van der Waals surface area contributed by atoms with Crippen LogP contribution >= 0.6 is 24.0 Å². The molecule has 0 amide bonds. The zero-order chi connectivity index (χ0) is 12.1. The van der Waals surface area contributed by atoms with Gasteiger partial charge in [-0.1, -0.05) is 12.1 Å². The molecule has 0 aliphatic carbocycles. The largest absolute Gasteiger partial charge is 0.359 e. The van der Waals surface area contributed by atoms with Crippen molar-refractivity contribution in [3.8, 4) is 0 Å². The van der Waals surface area contributed by atoms with Crippen LogP contribution in [0.1, 0.15) is 24.1 Å². The Kier molecular flexibility index (Phi) is 7.10. The number of guanidine groups is 1. The lowest BCUT2D eigenvalue weighted by atomic mass is 10.1. The van der Waals surface area contributed by atoms with E-state index < -0.39 is 0 Å². The maximum Gasteiger partial charge on any atom is 0.191 e. The monoisotopic (exact) mass is 351 g/mol. The zero-order valence-electron chi connectivity index (χ0n) is 10.5. The Balaban J connectivity index is 0.00000256. The van der Waals surface area contributed by atoms with Gasteiger partial charge in [0, 0.05) is 14.1 Å². The molecular formula is C12H19FIN3. The molecule has 0 saturated carbocycles. The van der Waals surface area contributed by atoms with Crippen LogP contribution in [0.2, 0.25) is 0 Å². The van der Waals surface area contributed by atoms with Crippen molar-refractivity contribution < 1.29 is 4.39 Å². The van der Waals surface area contributed by atoms with E-state index in [0.29, 0.717) is 11.5 Å². The van der Waals surface area contributed by atoms with Crippen molar-refractivity contribution in [3.05, 3.63) is 35.1 Å². The summed E-state index contributed by atoms with van der Waals surface area (Å²) in [5, 5.41) is 6.08. The number of nitrogens with one attached hydrogen (secondary N) is 2. The van der Waals surface area contributed by atoms with E-state index in [1.165, 1.54) is 0 Å². The average Bonchev–Trinajstić information content (AvgIpc) is 2.29. The van der Waals surface area contributed by atoms with E-state index in [-0.39, 0.29) is 35.8 Å². The molecule has 1 aromatic rings. The lowest BCUT2D eigenvalue weighted by molar-refractivity contribution is 0.608. The van der Waals surface area contributed by atoms with Crippen molar-refractivity contribution >= 4 is 29.9 Å². The molecular weight excluding hydrogens is 332 g/mol. The topological polar surface area (TPSA) is 36.4 Å². The second-order valence-electron chi connectivity index (χ2n) is 3.70. The van der Waals surface area contributed by atoms with Gasteiger partial charge in [-0.2, -0.15) is 0 Å². The van der Waals surface area contributed by atoms with Crippen LogP contribution in [0.25, 0.3) is 0 Å². The fourth-order valence-electron chi connectivity index (χ4n) is 1.42. The van der Waals surface area contributed by atoms with Gasteiger partial charge >= 0.3 is 0 Å². The second kappa shape index (κ2) is 7.47. The predicted molar refractivity (Wildman–Crippen MR) is 80.5 cm³/mol. The molecule has 1 rings (SSSR count). The maximum absolute atomic E-state index is 13.4. The quantitative estimate of drug-likeness (QED) is 0.488. The van der Waals surface area contributed by atoms with Gasteiger partial charge in [0.05, 0.1) is 6.04 Å². The van der Waals surface area contributed by atoms with E-state index in [1.807, 2.05) is 13.0 Å². The summed E-state index contributed by atoms with van der Waals surface area (Å²) >= 11 is 0. The maximum atomic E-state index is 13.4. The number of halogens is 2. The van der Waals surface area contributed by atoms with Crippen LogP contribution in [0, 0.1) is 12.7 Å². The molecule has 1 atom stereocenters. The molecule has 96 valence electrons. The highest BCUT2D eigenvalue weighted by atomic mass is 127. The van der Waals surface area contributed by atoms with Gasteiger partial charge in [0.25, 0.3) is 0 Å². The molecule has 0 fully saturated rings. The van der Waals surface area contributed by atoms with Crippen LogP contribution in [0.15, 0.2) is 23.2 Å². The highest BCUT2D eigenvalue weighted by Crippen LogP contribution is 2.15. The summed E-state index contributed by atoms with van der Waals surface area (Å²) in [5.41, 5.74) is 1.56. The summed E-state index contributed by atoms with van der Waals surface area (Å²) in [4.78, 5) is 4.01. The summed E-state index contributed by atoms with van der Waals surface area (Å²) < 4.78 is 13.4. The van der Waals surface area contributed by atoms with E-state index in [9.17, 15) is 4.39 Å². The standard InChI is InChI=1S/C12H18FN3.HI/c1-8-5-6-10(7-11(8)13)9(2)16-12(14-3)15-4;/h5-7,9H,1-4H3,(H2,14,15,16);1H. The minimum atomic E-state index is -0.175. The third-order valence-corrected chi connectivity index (χ3v) is 2.51. The lowest BCUT2D eigenvalue weighted by Gasteiger charge is -2.17. The molecule has 0 aliphatic rings. The number of hydrogen-bond acceptors (Lipinski definition) is 1. The Bertz CT molecular complexity index is 393. The molecule has 0 aliphatic heterocycles. The van der Waals surface area contributed by atoms with Gasteiger partial charge in [0.15, 0.2) is 5.96 Å². The fraction of sp³-hybridized carbons (Fsp3) is 0.417. The lowest BCUT2D eigenvalue weighted by Crippen LogP contribution is -2.36. The molecule has 1 unspecified atom stereocenters. The number of rotatable bonds is 2. The molecule has 0 heterocycles. The minimum Gasteiger partial charge on any atom is -0.359 e. The summed E-state index contributed by atoms with van der Waals surface area (Å²) in [6.45, 7) is 3.72.